The van der Waals surface area contributed by atoms with Crippen LogP contribution < -0.4 is 10.5 Å². The summed E-state index contributed by atoms with van der Waals surface area (Å²) in [6.45, 7) is 0.765. The molecule has 3 nitrogen and oxygen atoms in total. The Balaban J connectivity index is 2.28. The van der Waals surface area contributed by atoms with Gasteiger partial charge in [-0.1, -0.05) is 60.7 Å². The van der Waals surface area contributed by atoms with Crippen molar-refractivity contribution < 1.29 is 4.74 Å². The second-order valence-corrected chi connectivity index (χ2v) is 5.42. The van der Waals surface area contributed by atoms with E-state index in [2.05, 4.69) is 17.0 Å². The van der Waals surface area contributed by atoms with E-state index in [4.69, 9.17) is 22.7 Å². The van der Waals surface area contributed by atoms with E-state index in [0.717, 1.165) is 17.9 Å². The number of hydrogen-bond acceptors (Lipinski definition) is 3. The molecule has 0 bridgehead atoms. The Morgan fingerprint density at radius 1 is 1.14 bits per heavy atom. The van der Waals surface area contributed by atoms with Crippen LogP contribution in [-0.2, 0) is 6.54 Å². The van der Waals surface area contributed by atoms with Gasteiger partial charge in [0.25, 0.3) is 0 Å². The van der Waals surface area contributed by atoms with Crippen molar-refractivity contribution in [3.8, 4) is 5.75 Å². The van der Waals surface area contributed by atoms with Crippen molar-refractivity contribution in [1.29, 1.82) is 0 Å². The van der Waals surface area contributed by atoms with Gasteiger partial charge in [0.05, 0.1) is 18.1 Å². The molecule has 0 aliphatic rings. The van der Waals surface area contributed by atoms with Crippen LogP contribution in [0.2, 0.25) is 0 Å². The molecule has 0 saturated carbocycles. The zero-order chi connectivity index (χ0) is 15.2. The van der Waals surface area contributed by atoms with E-state index >= 15 is 0 Å². The number of benzene rings is 2. The third kappa shape index (κ3) is 3.80. The Labute approximate surface area is 131 Å². The lowest BCUT2D eigenvalue weighted by Crippen LogP contribution is -2.34. The maximum Gasteiger partial charge on any atom is 0.124 e. The first-order valence-corrected chi connectivity index (χ1v) is 7.20. The Morgan fingerprint density at radius 2 is 1.76 bits per heavy atom. The van der Waals surface area contributed by atoms with Crippen molar-refractivity contribution >= 4 is 17.2 Å². The van der Waals surface area contributed by atoms with Crippen LogP contribution in [0.1, 0.15) is 17.2 Å². The van der Waals surface area contributed by atoms with Gasteiger partial charge < -0.3 is 10.5 Å². The maximum absolute atomic E-state index is 5.98. The first-order chi connectivity index (χ1) is 10.1. The Morgan fingerprint density at radius 3 is 2.38 bits per heavy atom. The first kappa shape index (κ1) is 15.5. The highest BCUT2D eigenvalue weighted by atomic mass is 32.1. The quantitative estimate of drug-likeness (QED) is 0.832. The van der Waals surface area contributed by atoms with E-state index in [1.165, 1.54) is 5.56 Å². The summed E-state index contributed by atoms with van der Waals surface area (Å²) in [6.07, 6.45) is 0. The van der Waals surface area contributed by atoms with Crippen molar-refractivity contribution in [2.45, 2.75) is 12.6 Å². The predicted octanol–water partition coefficient (Wildman–Crippen LogP) is 3.15. The number of ether oxygens (including phenoxy) is 1. The molecule has 4 heteroatoms. The lowest BCUT2D eigenvalue weighted by Gasteiger charge is -2.28. The largest absolute Gasteiger partial charge is 0.496 e. The minimum atomic E-state index is -0.156. The predicted molar refractivity (Wildman–Crippen MR) is 90.4 cm³/mol. The van der Waals surface area contributed by atoms with Crippen LogP contribution in [0.4, 0.5) is 0 Å². The van der Waals surface area contributed by atoms with E-state index in [1.807, 2.05) is 49.5 Å². The average Bonchev–Trinajstić information content (AvgIpc) is 2.48. The van der Waals surface area contributed by atoms with Gasteiger partial charge in [0.2, 0.25) is 0 Å². The molecule has 1 atom stereocenters. The molecule has 0 aromatic heterocycles. The summed E-state index contributed by atoms with van der Waals surface area (Å²) >= 11 is 5.28. The van der Waals surface area contributed by atoms with Gasteiger partial charge in [0.1, 0.15) is 5.75 Å². The fraction of sp³-hybridized carbons (Fsp3) is 0.235. The van der Waals surface area contributed by atoms with E-state index in [9.17, 15) is 0 Å². The zero-order valence-electron chi connectivity index (χ0n) is 12.3. The van der Waals surface area contributed by atoms with Crippen molar-refractivity contribution in [3.05, 3.63) is 65.7 Å². The molecule has 0 fully saturated rings. The normalized spacial score (nSPS) is 12.1. The topological polar surface area (TPSA) is 38.5 Å². The second kappa shape index (κ2) is 7.20. The van der Waals surface area contributed by atoms with Crippen LogP contribution in [0.15, 0.2) is 54.6 Å². The number of hydrogen-bond donors (Lipinski definition) is 1. The molecular weight excluding hydrogens is 280 g/mol. The highest BCUT2D eigenvalue weighted by molar-refractivity contribution is 7.80. The van der Waals surface area contributed by atoms with Gasteiger partial charge in [-0.25, -0.2) is 0 Å². The minimum absolute atomic E-state index is 0.156. The lowest BCUT2D eigenvalue weighted by atomic mass is 10.0. The molecule has 0 aliphatic carbocycles. The molecule has 2 aromatic rings. The molecule has 0 amide bonds. The van der Waals surface area contributed by atoms with E-state index < -0.39 is 0 Å². The first-order valence-electron chi connectivity index (χ1n) is 6.80. The molecule has 0 radical (unpaired) electrons. The molecule has 1 unspecified atom stereocenters. The number of para-hydroxylation sites is 1. The molecule has 0 aliphatic heterocycles. The molecule has 2 aromatic carbocycles. The highest BCUT2D eigenvalue weighted by Crippen LogP contribution is 2.29. The summed E-state index contributed by atoms with van der Waals surface area (Å²) in [6, 6.07) is 17.9. The van der Waals surface area contributed by atoms with Gasteiger partial charge in [-0.2, -0.15) is 0 Å². The summed E-state index contributed by atoms with van der Waals surface area (Å²) in [5, 5.41) is 0. The number of nitrogens with zero attached hydrogens (tertiary/aromatic N) is 1. The maximum atomic E-state index is 5.98. The smallest absolute Gasteiger partial charge is 0.124 e. The SMILES string of the molecule is COc1ccccc1C(C(N)=S)N(C)Cc1ccccc1. The monoisotopic (exact) mass is 300 g/mol. The number of likely N-dealkylation sites (N-methyl/N-ethyl adjacent to an activating group) is 1. The number of methoxy groups -OCH3 is 1. The van der Waals surface area contributed by atoms with Gasteiger partial charge in [-0.05, 0) is 18.7 Å². The fourth-order valence-corrected chi connectivity index (χ4v) is 2.77. The standard InChI is InChI=1S/C17H20N2OS/c1-19(12-13-8-4-3-5-9-13)16(17(18)21)14-10-6-7-11-15(14)20-2/h3-11,16H,12H2,1-2H3,(H2,18,21). The average molecular weight is 300 g/mol. The van der Waals surface area contributed by atoms with Gasteiger partial charge in [0.15, 0.2) is 0 Å². The molecule has 2 N–H and O–H groups in total. The Bertz CT molecular complexity index is 601. The van der Waals surface area contributed by atoms with Crippen LogP contribution in [0, 0.1) is 0 Å². The zero-order valence-corrected chi connectivity index (χ0v) is 13.1. The molecule has 0 saturated heterocycles. The Kier molecular flexibility index (Phi) is 5.31. The molecule has 110 valence electrons. The van der Waals surface area contributed by atoms with E-state index in [0.29, 0.717) is 4.99 Å². The van der Waals surface area contributed by atoms with Crippen LogP contribution in [0.3, 0.4) is 0 Å². The molecule has 0 heterocycles. The van der Waals surface area contributed by atoms with Gasteiger partial charge in [0, 0.05) is 12.1 Å². The second-order valence-electron chi connectivity index (χ2n) is 4.95. The van der Waals surface area contributed by atoms with Gasteiger partial charge in [-0.3, -0.25) is 4.90 Å². The summed E-state index contributed by atoms with van der Waals surface area (Å²) in [5.41, 5.74) is 8.19. The van der Waals surface area contributed by atoms with Gasteiger partial charge in [-0.15, -0.1) is 0 Å². The fourth-order valence-electron chi connectivity index (χ4n) is 2.46. The number of nitrogens with two attached hydrogens (primary N) is 1. The van der Waals surface area contributed by atoms with Crippen molar-refractivity contribution in [2.75, 3.05) is 14.2 Å². The summed E-state index contributed by atoms with van der Waals surface area (Å²) in [7, 11) is 3.68. The van der Waals surface area contributed by atoms with E-state index in [-0.39, 0.29) is 6.04 Å². The van der Waals surface area contributed by atoms with Crippen molar-refractivity contribution in [2.24, 2.45) is 5.73 Å². The number of thiocarbonyl (C=S) groups is 1. The van der Waals surface area contributed by atoms with Crippen molar-refractivity contribution in [3.63, 3.8) is 0 Å². The van der Waals surface area contributed by atoms with Crippen LogP contribution in [0.5, 0.6) is 5.75 Å². The van der Waals surface area contributed by atoms with Crippen molar-refractivity contribution in [1.82, 2.24) is 4.90 Å². The third-order valence-electron chi connectivity index (χ3n) is 3.42. The van der Waals surface area contributed by atoms with Crippen LogP contribution >= 0.6 is 12.2 Å². The van der Waals surface area contributed by atoms with Crippen LogP contribution in [0.25, 0.3) is 0 Å². The molecule has 2 rings (SSSR count). The minimum Gasteiger partial charge on any atom is -0.496 e. The van der Waals surface area contributed by atoms with Gasteiger partial charge >= 0.3 is 0 Å². The molecular formula is C17H20N2OS. The lowest BCUT2D eigenvalue weighted by molar-refractivity contribution is 0.286. The van der Waals surface area contributed by atoms with Crippen LogP contribution in [-0.4, -0.2) is 24.0 Å². The Hall–Kier alpha value is -1.91. The summed E-state index contributed by atoms with van der Waals surface area (Å²) in [5.74, 6) is 0.801. The third-order valence-corrected chi connectivity index (χ3v) is 3.64. The summed E-state index contributed by atoms with van der Waals surface area (Å²) < 4.78 is 5.43. The molecule has 21 heavy (non-hydrogen) atoms. The van der Waals surface area contributed by atoms with E-state index in [1.54, 1.807) is 7.11 Å². The molecule has 0 spiro atoms. The highest BCUT2D eigenvalue weighted by Gasteiger charge is 2.23. The number of rotatable bonds is 6. The summed E-state index contributed by atoms with van der Waals surface area (Å²) in [4.78, 5) is 2.58.